The Kier molecular flexibility index (Phi) is 5.97. The molecule has 114 valence electrons. The molecule has 2 aromatic rings. The highest BCUT2D eigenvalue weighted by atomic mass is 35.5. The van der Waals surface area contributed by atoms with Crippen LogP contribution in [-0.4, -0.2) is 6.54 Å². The van der Waals surface area contributed by atoms with Gasteiger partial charge in [-0.15, -0.1) is 0 Å². The lowest BCUT2D eigenvalue weighted by atomic mass is 10.2. The van der Waals surface area contributed by atoms with Gasteiger partial charge < -0.3 is 14.5 Å². The van der Waals surface area contributed by atoms with E-state index < -0.39 is 0 Å². The van der Waals surface area contributed by atoms with Crippen molar-refractivity contribution in [2.45, 2.75) is 27.0 Å². The lowest BCUT2D eigenvalue weighted by Gasteiger charge is -2.09. The zero-order chi connectivity index (χ0) is 15.2. The molecule has 1 N–H and O–H groups in total. The van der Waals surface area contributed by atoms with Crippen LogP contribution in [0.2, 0.25) is 10.0 Å². The Hall–Kier alpha value is -1.16. The molecule has 1 heterocycles. The van der Waals surface area contributed by atoms with E-state index in [-0.39, 0.29) is 0 Å². The van der Waals surface area contributed by atoms with E-state index in [0.29, 0.717) is 28.3 Å². The maximum absolute atomic E-state index is 6.08. The Morgan fingerprint density at radius 3 is 2.76 bits per heavy atom. The molecule has 5 heteroatoms. The molecule has 0 bridgehead atoms. The van der Waals surface area contributed by atoms with Gasteiger partial charge in [-0.3, -0.25) is 0 Å². The van der Waals surface area contributed by atoms with Crippen molar-refractivity contribution in [3.8, 4) is 5.75 Å². The summed E-state index contributed by atoms with van der Waals surface area (Å²) in [7, 11) is 0. The summed E-state index contributed by atoms with van der Waals surface area (Å²) in [5, 5.41) is 4.47. The van der Waals surface area contributed by atoms with E-state index in [1.807, 2.05) is 6.07 Å². The molecule has 0 saturated carbocycles. The van der Waals surface area contributed by atoms with Crippen LogP contribution in [-0.2, 0) is 13.2 Å². The molecule has 0 aliphatic carbocycles. The van der Waals surface area contributed by atoms with Gasteiger partial charge in [-0.05, 0) is 36.7 Å². The lowest BCUT2D eigenvalue weighted by Crippen LogP contribution is -2.19. The average Bonchev–Trinajstić information content (AvgIpc) is 2.85. The van der Waals surface area contributed by atoms with E-state index in [2.05, 4.69) is 19.2 Å². The molecule has 0 radical (unpaired) electrons. The Bertz CT molecular complexity index is 581. The molecule has 21 heavy (non-hydrogen) atoms. The third-order valence-electron chi connectivity index (χ3n) is 2.96. The second kappa shape index (κ2) is 7.74. The summed E-state index contributed by atoms with van der Waals surface area (Å²) in [5.41, 5.74) is 1.10. The zero-order valence-electron chi connectivity index (χ0n) is 12.2. The van der Waals surface area contributed by atoms with Gasteiger partial charge in [-0.2, -0.15) is 0 Å². The highest BCUT2D eigenvalue weighted by molar-refractivity contribution is 6.35. The van der Waals surface area contributed by atoms with Gasteiger partial charge in [0, 0.05) is 17.1 Å². The van der Waals surface area contributed by atoms with Gasteiger partial charge in [0.25, 0.3) is 0 Å². The smallest absolute Gasteiger partial charge is 0.146 e. The summed E-state index contributed by atoms with van der Waals surface area (Å²) in [6.07, 6.45) is 1.68. The zero-order valence-corrected chi connectivity index (χ0v) is 13.7. The monoisotopic (exact) mass is 327 g/mol. The fraction of sp³-hybridized carbons (Fsp3) is 0.375. The second-order valence-corrected chi connectivity index (χ2v) is 6.10. The first-order valence-corrected chi connectivity index (χ1v) is 7.65. The first kappa shape index (κ1) is 16.2. The molecule has 0 aliphatic heterocycles. The van der Waals surface area contributed by atoms with Crippen molar-refractivity contribution in [1.82, 2.24) is 5.32 Å². The van der Waals surface area contributed by atoms with E-state index >= 15 is 0 Å². The predicted octanol–water partition coefficient (Wildman–Crippen LogP) is 4.91. The van der Waals surface area contributed by atoms with E-state index in [1.54, 1.807) is 24.5 Å². The molecule has 0 spiro atoms. The van der Waals surface area contributed by atoms with Crippen molar-refractivity contribution in [1.29, 1.82) is 0 Å². The largest absolute Gasteiger partial charge is 0.484 e. The van der Waals surface area contributed by atoms with Gasteiger partial charge in [0.2, 0.25) is 0 Å². The van der Waals surface area contributed by atoms with Gasteiger partial charge >= 0.3 is 0 Å². The van der Waals surface area contributed by atoms with Crippen LogP contribution < -0.4 is 10.1 Å². The summed E-state index contributed by atoms with van der Waals surface area (Å²) >= 11 is 11.9. The molecule has 3 nitrogen and oxygen atoms in total. The standard InChI is InChI=1S/C16H19Cl2NO2/c1-11(2)8-19-9-12-5-6-20-16(12)10-21-15-4-3-13(17)7-14(15)18/h3-7,11,19H,8-10H2,1-2H3. The molecule has 2 rings (SSSR count). The van der Waals surface area contributed by atoms with Crippen molar-refractivity contribution in [2.24, 2.45) is 5.92 Å². The number of furan rings is 1. The molecule has 0 atom stereocenters. The molecule has 0 fully saturated rings. The predicted molar refractivity (Wildman–Crippen MR) is 86.0 cm³/mol. The molecule has 1 aromatic heterocycles. The molecule has 0 amide bonds. The summed E-state index contributed by atoms with van der Waals surface area (Å²) < 4.78 is 11.2. The van der Waals surface area contributed by atoms with Gasteiger partial charge in [0.15, 0.2) is 0 Å². The summed E-state index contributed by atoms with van der Waals surface area (Å²) in [6.45, 7) is 6.42. The number of halogens is 2. The summed E-state index contributed by atoms with van der Waals surface area (Å²) in [5.74, 6) is 2.01. The van der Waals surface area contributed by atoms with E-state index in [9.17, 15) is 0 Å². The minimum Gasteiger partial charge on any atom is -0.484 e. The van der Waals surface area contributed by atoms with Gasteiger partial charge in [-0.25, -0.2) is 0 Å². The van der Waals surface area contributed by atoms with Crippen LogP contribution in [0.1, 0.15) is 25.2 Å². The first-order valence-electron chi connectivity index (χ1n) is 6.90. The lowest BCUT2D eigenvalue weighted by molar-refractivity contribution is 0.268. The number of hydrogen-bond acceptors (Lipinski definition) is 3. The Balaban J connectivity index is 1.92. The van der Waals surface area contributed by atoms with Crippen LogP contribution in [0.3, 0.4) is 0 Å². The molecule has 0 saturated heterocycles. The van der Waals surface area contributed by atoms with E-state index in [0.717, 1.165) is 24.4 Å². The van der Waals surface area contributed by atoms with E-state index in [4.69, 9.17) is 32.4 Å². The van der Waals surface area contributed by atoms with Crippen molar-refractivity contribution < 1.29 is 9.15 Å². The van der Waals surface area contributed by atoms with Gasteiger partial charge in [0.1, 0.15) is 18.1 Å². The quantitative estimate of drug-likeness (QED) is 0.784. The highest BCUT2D eigenvalue weighted by Gasteiger charge is 2.09. The van der Waals surface area contributed by atoms with Crippen LogP contribution in [0.4, 0.5) is 0 Å². The van der Waals surface area contributed by atoms with Crippen LogP contribution in [0, 0.1) is 5.92 Å². The van der Waals surface area contributed by atoms with Crippen LogP contribution in [0.25, 0.3) is 0 Å². The molecular weight excluding hydrogens is 309 g/mol. The highest BCUT2D eigenvalue weighted by Crippen LogP contribution is 2.28. The third kappa shape index (κ3) is 4.95. The first-order chi connectivity index (χ1) is 10.1. The maximum atomic E-state index is 6.08. The van der Waals surface area contributed by atoms with Crippen LogP contribution >= 0.6 is 23.2 Å². The van der Waals surface area contributed by atoms with Crippen molar-refractivity contribution in [2.75, 3.05) is 6.54 Å². The van der Waals surface area contributed by atoms with Gasteiger partial charge in [-0.1, -0.05) is 37.0 Å². The molecule has 0 aliphatic rings. The number of rotatable bonds is 7. The Labute approximate surface area is 135 Å². The Morgan fingerprint density at radius 1 is 1.24 bits per heavy atom. The van der Waals surface area contributed by atoms with Crippen LogP contribution in [0.15, 0.2) is 34.9 Å². The summed E-state index contributed by atoms with van der Waals surface area (Å²) in [4.78, 5) is 0. The second-order valence-electron chi connectivity index (χ2n) is 5.26. The maximum Gasteiger partial charge on any atom is 0.146 e. The van der Waals surface area contributed by atoms with E-state index in [1.165, 1.54) is 0 Å². The minimum absolute atomic E-state index is 0.340. The summed E-state index contributed by atoms with van der Waals surface area (Å²) in [6, 6.07) is 7.11. The number of ether oxygens (including phenoxy) is 1. The van der Waals surface area contributed by atoms with Crippen molar-refractivity contribution in [3.05, 3.63) is 51.9 Å². The SMILES string of the molecule is CC(C)CNCc1ccoc1COc1ccc(Cl)cc1Cl. The third-order valence-corrected chi connectivity index (χ3v) is 3.49. The van der Waals surface area contributed by atoms with Crippen LogP contribution in [0.5, 0.6) is 5.75 Å². The normalized spacial score (nSPS) is 11.1. The molecule has 1 aromatic carbocycles. The Morgan fingerprint density at radius 2 is 2.05 bits per heavy atom. The molecular formula is C16H19Cl2NO2. The minimum atomic E-state index is 0.340. The van der Waals surface area contributed by atoms with Gasteiger partial charge in [0.05, 0.1) is 11.3 Å². The molecule has 0 unspecified atom stereocenters. The topological polar surface area (TPSA) is 34.4 Å². The number of benzene rings is 1. The average molecular weight is 328 g/mol. The van der Waals surface area contributed by atoms with Crippen molar-refractivity contribution >= 4 is 23.2 Å². The van der Waals surface area contributed by atoms with Crippen molar-refractivity contribution in [3.63, 3.8) is 0 Å². The fourth-order valence-corrected chi connectivity index (χ4v) is 2.35. The fourth-order valence-electron chi connectivity index (χ4n) is 1.88. The number of nitrogens with one attached hydrogen (secondary N) is 1. The number of hydrogen-bond donors (Lipinski definition) is 1.